The molecule has 0 bridgehead atoms. The molecular formula is C13H13ClO. The molecule has 0 saturated carbocycles. The summed E-state index contributed by atoms with van der Waals surface area (Å²) >= 11 is 5.94. The van der Waals surface area contributed by atoms with Gasteiger partial charge >= 0.3 is 0 Å². The zero-order valence-corrected chi connectivity index (χ0v) is 9.69. The third kappa shape index (κ3) is 3.11. The van der Waals surface area contributed by atoms with Gasteiger partial charge in [-0.1, -0.05) is 23.7 Å². The van der Waals surface area contributed by atoms with Gasteiger partial charge in [0.15, 0.2) is 5.78 Å². The highest BCUT2D eigenvalue weighted by molar-refractivity contribution is 6.31. The Balaban J connectivity index is 2.81. The van der Waals surface area contributed by atoms with Crippen molar-refractivity contribution in [3.8, 4) is 11.8 Å². The average molecular weight is 221 g/mol. The molecule has 0 heterocycles. The molecule has 0 saturated heterocycles. The largest absolute Gasteiger partial charge is 0.294 e. The van der Waals surface area contributed by atoms with E-state index in [4.69, 9.17) is 11.6 Å². The third-order valence-electron chi connectivity index (χ3n) is 2.22. The van der Waals surface area contributed by atoms with Crippen molar-refractivity contribution in [3.05, 3.63) is 34.3 Å². The molecule has 0 N–H and O–H groups in total. The van der Waals surface area contributed by atoms with E-state index in [-0.39, 0.29) is 5.78 Å². The Morgan fingerprint density at radius 1 is 1.47 bits per heavy atom. The number of ketones is 1. The fraction of sp³-hybridized carbons (Fsp3) is 0.308. The Bertz CT molecular complexity index is 424. The molecule has 0 amide bonds. The lowest BCUT2D eigenvalue weighted by atomic mass is 10.0. The van der Waals surface area contributed by atoms with Crippen molar-refractivity contribution in [2.45, 2.75) is 26.7 Å². The van der Waals surface area contributed by atoms with E-state index in [2.05, 4.69) is 11.8 Å². The summed E-state index contributed by atoms with van der Waals surface area (Å²) in [6.45, 7) is 3.64. The van der Waals surface area contributed by atoms with Crippen molar-refractivity contribution in [1.29, 1.82) is 0 Å². The van der Waals surface area contributed by atoms with Crippen LogP contribution in [0.2, 0.25) is 5.02 Å². The Morgan fingerprint density at radius 3 is 2.87 bits per heavy atom. The third-order valence-corrected chi connectivity index (χ3v) is 2.63. The molecule has 0 aliphatic carbocycles. The molecular weight excluding hydrogens is 208 g/mol. The van der Waals surface area contributed by atoms with E-state index in [0.717, 1.165) is 5.56 Å². The first-order chi connectivity index (χ1) is 7.16. The number of rotatable bonds is 3. The van der Waals surface area contributed by atoms with Gasteiger partial charge in [0.05, 0.1) is 0 Å². The summed E-state index contributed by atoms with van der Waals surface area (Å²) in [7, 11) is 0. The highest BCUT2D eigenvalue weighted by Crippen LogP contribution is 2.20. The maximum absolute atomic E-state index is 11.8. The van der Waals surface area contributed by atoms with Gasteiger partial charge in [-0.2, -0.15) is 0 Å². The van der Waals surface area contributed by atoms with Gasteiger partial charge in [0, 0.05) is 23.4 Å². The topological polar surface area (TPSA) is 17.1 Å². The van der Waals surface area contributed by atoms with Crippen LogP contribution < -0.4 is 0 Å². The Hall–Kier alpha value is -1.26. The summed E-state index contributed by atoms with van der Waals surface area (Å²) in [5.74, 6) is 5.76. The maximum atomic E-state index is 11.8. The minimum atomic E-state index is 0.109. The number of hydrogen-bond donors (Lipinski definition) is 0. The van der Waals surface area contributed by atoms with E-state index in [0.29, 0.717) is 23.4 Å². The minimum absolute atomic E-state index is 0.109. The van der Waals surface area contributed by atoms with Crippen LogP contribution >= 0.6 is 11.6 Å². The van der Waals surface area contributed by atoms with Crippen LogP contribution in [-0.2, 0) is 0 Å². The minimum Gasteiger partial charge on any atom is -0.294 e. The van der Waals surface area contributed by atoms with Crippen LogP contribution in [-0.4, -0.2) is 5.78 Å². The zero-order chi connectivity index (χ0) is 11.3. The molecule has 15 heavy (non-hydrogen) atoms. The molecule has 0 aliphatic rings. The molecule has 0 unspecified atom stereocenters. The van der Waals surface area contributed by atoms with Crippen molar-refractivity contribution in [3.63, 3.8) is 0 Å². The first kappa shape index (κ1) is 11.8. The fourth-order valence-corrected chi connectivity index (χ4v) is 1.52. The highest BCUT2D eigenvalue weighted by atomic mass is 35.5. The predicted octanol–water partition coefficient (Wildman–Crippen LogP) is 3.63. The van der Waals surface area contributed by atoms with E-state index in [1.54, 1.807) is 19.1 Å². The Kier molecular flexibility index (Phi) is 4.39. The van der Waals surface area contributed by atoms with Crippen LogP contribution in [0, 0.1) is 18.8 Å². The summed E-state index contributed by atoms with van der Waals surface area (Å²) in [4.78, 5) is 11.8. The Labute approximate surface area is 95.5 Å². The molecule has 1 rings (SSSR count). The summed E-state index contributed by atoms with van der Waals surface area (Å²) < 4.78 is 0. The van der Waals surface area contributed by atoms with Gasteiger partial charge in [-0.05, 0) is 25.5 Å². The van der Waals surface area contributed by atoms with Crippen LogP contribution in [0.15, 0.2) is 18.2 Å². The van der Waals surface area contributed by atoms with Crippen LogP contribution in [0.25, 0.3) is 0 Å². The number of halogens is 1. The summed E-state index contributed by atoms with van der Waals surface area (Å²) in [6, 6.07) is 5.40. The molecule has 1 nitrogen and oxygen atoms in total. The van der Waals surface area contributed by atoms with E-state index < -0.39 is 0 Å². The summed E-state index contributed by atoms with van der Waals surface area (Å²) in [5, 5.41) is 0.641. The van der Waals surface area contributed by atoms with Gasteiger partial charge < -0.3 is 0 Å². The first-order valence-corrected chi connectivity index (χ1v) is 5.22. The standard InChI is InChI=1S/C13H13ClO/c1-3-4-5-9-13(15)11-7-6-8-12(14)10(11)2/h6-8H,5,9H2,1-2H3. The second kappa shape index (κ2) is 5.58. The Morgan fingerprint density at radius 2 is 2.20 bits per heavy atom. The number of carbonyl (C=O) groups excluding carboxylic acids is 1. The van der Waals surface area contributed by atoms with Gasteiger partial charge in [-0.3, -0.25) is 4.79 Å². The number of hydrogen-bond acceptors (Lipinski definition) is 1. The lowest BCUT2D eigenvalue weighted by Crippen LogP contribution is -2.01. The SMILES string of the molecule is CC#CCCC(=O)c1cccc(Cl)c1C. The lowest BCUT2D eigenvalue weighted by Gasteiger charge is -2.04. The number of benzene rings is 1. The highest BCUT2D eigenvalue weighted by Gasteiger charge is 2.09. The molecule has 0 fully saturated rings. The van der Waals surface area contributed by atoms with Gasteiger partial charge in [-0.15, -0.1) is 11.8 Å². The van der Waals surface area contributed by atoms with E-state index >= 15 is 0 Å². The summed E-state index contributed by atoms with van der Waals surface area (Å²) in [5.41, 5.74) is 1.56. The van der Waals surface area contributed by atoms with Crippen molar-refractivity contribution in [1.82, 2.24) is 0 Å². The normalized spacial score (nSPS) is 9.27. The van der Waals surface area contributed by atoms with Crippen LogP contribution in [0.1, 0.15) is 35.7 Å². The van der Waals surface area contributed by atoms with Crippen LogP contribution in [0.5, 0.6) is 0 Å². The van der Waals surface area contributed by atoms with Gasteiger partial charge in [0.2, 0.25) is 0 Å². The molecule has 0 radical (unpaired) electrons. The number of carbonyl (C=O) groups is 1. The second-order valence-electron chi connectivity index (χ2n) is 3.26. The average Bonchev–Trinajstić information content (AvgIpc) is 2.22. The number of Topliss-reactive ketones (excluding diaryl/α,β-unsaturated/α-hetero) is 1. The molecule has 78 valence electrons. The van der Waals surface area contributed by atoms with Crippen LogP contribution in [0.4, 0.5) is 0 Å². The first-order valence-electron chi connectivity index (χ1n) is 4.84. The van der Waals surface area contributed by atoms with Crippen molar-refractivity contribution < 1.29 is 4.79 Å². The molecule has 0 spiro atoms. The maximum Gasteiger partial charge on any atom is 0.164 e. The van der Waals surface area contributed by atoms with Crippen LogP contribution in [0.3, 0.4) is 0 Å². The van der Waals surface area contributed by atoms with E-state index in [1.165, 1.54) is 0 Å². The molecule has 0 atom stereocenters. The smallest absolute Gasteiger partial charge is 0.164 e. The molecule has 2 heteroatoms. The van der Waals surface area contributed by atoms with Crippen molar-refractivity contribution in [2.75, 3.05) is 0 Å². The van der Waals surface area contributed by atoms with Crippen molar-refractivity contribution >= 4 is 17.4 Å². The quantitative estimate of drug-likeness (QED) is 0.562. The zero-order valence-electron chi connectivity index (χ0n) is 8.93. The molecule has 1 aromatic carbocycles. The second-order valence-corrected chi connectivity index (χ2v) is 3.67. The van der Waals surface area contributed by atoms with Gasteiger partial charge in [0.25, 0.3) is 0 Å². The van der Waals surface area contributed by atoms with Gasteiger partial charge in [-0.25, -0.2) is 0 Å². The van der Waals surface area contributed by atoms with E-state index in [1.807, 2.05) is 13.0 Å². The monoisotopic (exact) mass is 220 g/mol. The fourth-order valence-electron chi connectivity index (χ4n) is 1.35. The molecule has 0 aromatic heterocycles. The van der Waals surface area contributed by atoms with E-state index in [9.17, 15) is 4.79 Å². The van der Waals surface area contributed by atoms with Crippen molar-refractivity contribution in [2.24, 2.45) is 0 Å². The molecule has 0 aliphatic heterocycles. The lowest BCUT2D eigenvalue weighted by molar-refractivity contribution is 0.0984. The summed E-state index contributed by atoms with van der Waals surface area (Å²) in [6.07, 6.45) is 1.07. The molecule has 1 aromatic rings. The predicted molar refractivity (Wildman–Crippen MR) is 63.2 cm³/mol. The van der Waals surface area contributed by atoms with Gasteiger partial charge in [0.1, 0.15) is 0 Å².